The van der Waals surface area contributed by atoms with Crippen molar-refractivity contribution in [2.45, 2.75) is 57.2 Å². The van der Waals surface area contributed by atoms with Crippen molar-refractivity contribution in [1.82, 2.24) is 9.80 Å². The molecule has 2 saturated heterocycles. The van der Waals surface area contributed by atoms with E-state index in [2.05, 4.69) is 0 Å². The molecular weight excluding hydrogens is 512 g/mol. The zero-order valence-electron chi connectivity index (χ0n) is 22.1. The second kappa shape index (κ2) is 11.5. The number of halogens is 4. The third-order valence-corrected chi connectivity index (χ3v) is 8.70. The highest BCUT2D eigenvalue weighted by atomic mass is 19.4. The molecule has 1 N–H and O–H groups in total. The largest absolute Gasteiger partial charge is 0.493 e. The van der Waals surface area contributed by atoms with Crippen LogP contribution in [0.3, 0.4) is 0 Å². The zero-order chi connectivity index (χ0) is 27.6. The molecule has 3 fully saturated rings. The number of rotatable bonds is 7. The van der Waals surface area contributed by atoms with Gasteiger partial charge in [0.2, 0.25) is 0 Å². The minimum atomic E-state index is -4.14. The van der Waals surface area contributed by atoms with E-state index in [0.717, 1.165) is 19.3 Å². The van der Waals surface area contributed by atoms with Gasteiger partial charge in [0.15, 0.2) is 0 Å². The highest BCUT2D eigenvalue weighted by Crippen LogP contribution is 2.53. The molecule has 212 valence electrons. The lowest BCUT2D eigenvalue weighted by atomic mass is 9.67. The monoisotopic (exact) mass is 548 g/mol. The number of β-amino-alcohol motifs (C(OH)–C–C–N with tert-alkyl or cyclic N) is 1. The molecule has 39 heavy (non-hydrogen) atoms. The van der Waals surface area contributed by atoms with Crippen molar-refractivity contribution < 1.29 is 32.2 Å². The third kappa shape index (κ3) is 6.24. The summed E-state index contributed by atoms with van der Waals surface area (Å²) in [6.07, 6.45) is -0.537. The fourth-order valence-electron chi connectivity index (χ4n) is 6.02. The average molecular weight is 549 g/mol. The predicted molar refractivity (Wildman–Crippen MR) is 140 cm³/mol. The number of carbonyl (C=O) groups is 1. The van der Waals surface area contributed by atoms with E-state index in [1.807, 2.05) is 4.90 Å². The van der Waals surface area contributed by atoms with Gasteiger partial charge < -0.3 is 19.6 Å². The summed E-state index contributed by atoms with van der Waals surface area (Å²) in [6.45, 7) is 2.68. The molecule has 0 bridgehead atoms. The van der Waals surface area contributed by atoms with Gasteiger partial charge in [0.05, 0.1) is 18.1 Å². The van der Waals surface area contributed by atoms with Crippen molar-refractivity contribution in [2.24, 2.45) is 11.3 Å². The molecule has 2 heterocycles. The Kier molecular flexibility index (Phi) is 8.19. The van der Waals surface area contributed by atoms with Gasteiger partial charge in [-0.2, -0.15) is 13.2 Å². The maximum Gasteiger partial charge on any atom is 0.395 e. The lowest BCUT2D eigenvalue weighted by Crippen LogP contribution is -2.53. The molecular formula is C30H36F4N2O3. The van der Waals surface area contributed by atoms with Gasteiger partial charge in [-0.1, -0.05) is 18.6 Å². The maximum atomic E-state index is 15.0. The van der Waals surface area contributed by atoms with Crippen molar-refractivity contribution >= 4 is 5.91 Å². The van der Waals surface area contributed by atoms with Crippen molar-refractivity contribution in [3.05, 3.63) is 53.8 Å². The van der Waals surface area contributed by atoms with Gasteiger partial charge in [0, 0.05) is 36.8 Å². The standard InChI is InChI=1S/C30H36F4N2O3/c31-27-17-25(39-19-21-10-15-35(16-11-21)20-29(12-2-13-29)30(32,33)34)8-9-26(27)22-4-6-23(7-5-22)28(38)36-14-1-3-24(37)18-36/h4-9,17,21,24,37H,1-3,10-16,18-20H2. The Morgan fingerprint density at radius 1 is 1.00 bits per heavy atom. The molecule has 1 aliphatic carbocycles. The van der Waals surface area contributed by atoms with Gasteiger partial charge in [-0.3, -0.25) is 4.79 Å². The number of likely N-dealkylation sites (tertiary alicyclic amines) is 2. The van der Waals surface area contributed by atoms with Crippen LogP contribution < -0.4 is 4.74 Å². The first kappa shape index (κ1) is 27.9. The van der Waals surface area contributed by atoms with Gasteiger partial charge in [-0.25, -0.2) is 4.39 Å². The van der Waals surface area contributed by atoms with E-state index in [9.17, 15) is 27.5 Å². The van der Waals surface area contributed by atoms with Crippen LogP contribution in [0.15, 0.2) is 42.5 Å². The third-order valence-electron chi connectivity index (χ3n) is 8.70. The highest BCUT2D eigenvalue weighted by molar-refractivity contribution is 5.94. The Balaban J connectivity index is 1.11. The average Bonchev–Trinajstić information content (AvgIpc) is 2.89. The predicted octanol–water partition coefficient (Wildman–Crippen LogP) is 5.91. The van der Waals surface area contributed by atoms with Crippen molar-refractivity contribution in [2.75, 3.05) is 39.3 Å². The van der Waals surface area contributed by atoms with Crippen LogP contribution >= 0.6 is 0 Å². The number of aliphatic hydroxyl groups excluding tert-OH is 1. The molecule has 1 unspecified atom stereocenters. The first-order valence-electron chi connectivity index (χ1n) is 13.9. The Hall–Kier alpha value is -2.65. The number of carbonyl (C=O) groups excluding carboxylic acids is 1. The smallest absolute Gasteiger partial charge is 0.395 e. The molecule has 2 aromatic carbocycles. The molecule has 5 rings (SSSR count). The van der Waals surface area contributed by atoms with Crippen LogP contribution in [0.2, 0.25) is 0 Å². The number of piperidine rings is 2. The number of nitrogens with zero attached hydrogens (tertiary/aromatic N) is 2. The molecule has 3 aliphatic rings. The Morgan fingerprint density at radius 3 is 2.31 bits per heavy atom. The summed E-state index contributed by atoms with van der Waals surface area (Å²) < 4.78 is 61.3. The molecule has 0 aromatic heterocycles. The minimum absolute atomic E-state index is 0.0905. The number of ether oxygens (including phenoxy) is 1. The molecule has 2 aliphatic heterocycles. The summed E-state index contributed by atoms with van der Waals surface area (Å²) in [5.74, 6) is 0.0645. The fourth-order valence-corrected chi connectivity index (χ4v) is 6.02. The van der Waals surface area contributed by atoms with Crippen LogP contribution in [0, 0.1) is 17.2 Å². The van der Waals surface area contributed by atoms with E-state index in [1.165, 1.54) is 6.07 Å². The molecule has 1 atom stereocenters. The van der Waals surface area contributed by atoms with Crippen molar-refractivity contribution in [3.8, 4) is 16.9 Å². The SMILES string of the molecule is O=C(c1ccc(-c2ccc(OCC3CCN(CC4(C(F)(F)F)CCC4)CC3)cc2F)cc1)N1CCCC(O)C1. The van der Waals surface area contributed by atoms with Crippen LogP contribution in [-0.2, 0) is 0 Å². The number of benzene rings is 2. The van der Waals surface area contributed by atoms with Crippen LogP contribution in [0.1, 0.15) is 55.3 Å². The molecule has 2 aromatic rings. The number of alkyl halides is 3. The maximum absolute atomic E-state index is 15.0. The van der Waals surface area contributed by atoms with Gasteiger partial charge in [-0.05, 0) is 87.4 Å². The summed E-state index contributed by atoms with van der Waals surface area (Å²) >= 11 is 0. The van der Waals surface area contributed by atoms with E-state index in [0.29, 0.717) is 68.1 Å². The van der Waals surface area contributed by atoms with E-state index < -0.39 is 23.5 Å². The summed E-state index contributed by atoms with van der Waals surface area (Å²) in [5.41, 5.74) is 0.0189. The molecule has 1 amide bonds. The second-order valence-corrected chi connectivity index (χ2v) is 11.4. The van der Waals surface area contributed by atoms with E-state index in [4.69, 9.17) is 4.74 Å². The zero-order valence-corrected chi connectivity index (χ0v) is 22.1. The van der Waals surface area contributed by atoms with Gasteiger partial charge in [0.25, 0.3) is 5.91 Å². The number of hydrogen-bond acceptors (Lipinski definition) is 4. The number of aliphatic hydroxyl groups is 1. The topological polar surface area (TPSA) is 53.0 Å². The second-order valence-electron chi connectivity index (χ2n) is 11.4. The Labute approximate surface area is 226 Å². The number of hydrogen-bond donors (Lipinski definition) is 1. The molecule has 5 nitrogen and oxygen atoms in total. The molecule has 0 spiro atoms. The van der Waals surface area contributed by atoms with Crippen molar-refractivity contribution in [1.29, 1.82) is 0 Å². The highest BCUT2D eigenvalue weighted by Gasteiger charge is 2.58. The quantitative estimate of drug-likeness (QED) is 0.437. The van der Waals surface area contributed by atoms with E-state index in [1.54, 1.807) is 41.3 Å². The molecule has 0 radical (unpaired) electrons. The van der Waals surface area contributed by atoms with Crippen LogP contribution in [0.5, 0.6) is 5.75 Å². The molecule has 1 saturated carbocycles. The summed E-state index contributed by atoms with van der Waals surface area (Å²) in [4.78, 5) is 16.3. The number of amides is 1. The normalized spacial score (nSPS) is 22.4. The summed E-state index contributed by atoms with van der Waals surface area (Å²) in [7, 11) is 0. The van der Waals surface area contributed by atoms with E-state index in [-0.39, 0.29) is 31.2 Å². The summed E-state index contributed by atoms with van der Waals surface area (Å²) in [6, 6.07) is 11.5. The lowest BCUT2D eigenvalue weighted by molar-refractivity contribution is -0.256. The summed E-state index contributed by atoms with van der Waals surface area (Å²) in [5, 5.41) is 9.83. The fraction of sp³-hybridized carbons (Fsp3) is 0.567. The van der Waals surface area contributed by atoms with Gasteiger partial charge in [-0.15, -0.1) is 0 Å². The van der Waals surface area contributed by atoms with Crippen LogP contribution in [0.4, 0.5) is 17.6 Å². The first-order chi connectivity index (χ1) is 18.6. The minimum Gasteiger partial charge on any atom is -0.493 e. The van der Waals surface area contributed by atoms with Gasteiger partial charge >= 0.3 is 6.18 Å². The van der Waals surface area contributed by atoms with E-state index >= 15 is 0 Å². The first-order valence-corrected chi connectivity index (χ1v) is 13.9. The molecule has 9 heteroatoms. The van der Waals surface area contributed by atoms with Crippen LogP contribution in [0.25, 0.3) is 11.1 Å². The Morgan fingerprint density at radius 2 is 1.72 bits per heavy atom. The lowest BCUT2D eigenvalue weighted by Gasteiger charge is -2.47. The van der Waals surface area contributed by atoms with Crippen LogP contribution in [-0.4, -0.2) is 72.4 Å². The van der Waals surface area contributed by atoms with Gasteiger partial charge in [0.1, 0.15) is 11.6 Å². The Bertz CT molecular complexity index is 1140. The van der Waals surface area contributed by atoms with Crippen molar-refractivity contribution in [3.63, 3.8) is 0 Å².